The smallest absolute Gasteiger partial charge is 0.326 e. The van der Waals surface area contributed by atoms with Crippen LogP contribution >= 0.6 is 0 Å². The van der Waals surface area contributed by atoms with E-state index in [1.165, 1.54) is 25.2 Å². The van der Waals surface area contributed by atoms with Gasteiger partial charge in [-0.05, 0) is 23.8 Å². The number of anilines is 2. The molecular formula is C19H19FN4O3S. The molecule has 2 N–H and O–H groups in total. The second kappa shape index (κ2) is 6.83. The number of nitrogens with zero attached hydrogens (tertiary/aromatic N) is 2. The molecule has 0 atom stereocenters. The molecule has 146 valence electrons. The summed E-state index contributed by atoms with van der Waals surface area (Å²) in [5.41, 5.74) is 2.50. The largest absolute Gasteiger partial charge is 0.361 e. The molecule has 0 fully saturated rings. The van der Waals surface area contributed by atoms with E-state index in [0.29, 0.717) is 5.69 Å². The van der Waals surface area contributed by atoms with Crippen LogP contribution in [0.3, 0.4) is 0 Å². The number of hydrogen-bond donors (Lipinski definition) is 2. The number of H-pyrrole nitrogens is 1. The topological polar surface area (TPSA) is 85.5 Å². The maximum absolute atomic E-state index is 13.6. The average Bonchev–Trinajstić information content (AvgIpc) is 3.14. The van der Waals surface area contributed by atoms with E-state index in [-0.39, 0.29) is 31.1 Å². The number of halogens is 1. The number of carbonyl (C=O) groups is 1. The van der Waals surface area contributed by atoms with E-state index >= 15 is 0 Å². The van der Waals surface area contributed by atoms with Gasteiger partial charge in [0.1, 0.15) is 5.82 Å². The summed E-state index contributed by atoms with van der Waals surface area (Å²) in [6, 6.07) is 11.5. The van der Waals surface area contributed by atoms with Gasteiger partial charge in [0.05, 0.1) is 24.3 Å². The van der Waals surface area contributed by atoms with Crippen molar-refractivity contribution < 1.29 is 17.6 Å². The summed E-state index contributed by atoms with van der Waals surface area (Å²) in [5.74, 6) is -0.730. The molecule has 4 rings (SSSR count). The number of para-hydroxylation sites is 1. The highest BCUT2D eigenvalue weighted by molar-refractivity contribution is 7.94. The van der Waals surface area contributed by atoms with Gasteiger partial charge in [0.15, 0.2) is 0 Å². The highest BCUT2D eigenvalue weighted by atomic mass is 32.2. The number of carbonyl (C=O) groups excluding carboxylic acids is 1. The Kier molecular flexibility index (Phi) is 4.46. The van der Waals surface area contributed by atoms with Crippen LogP contribution < -0.4 is 13.9 Å². The number of fused-ring (bicyclic) bond motifs is 2. The molecule has 2 heterocycles. The van der Waals surface area contributed by atoms with E-state index in [0.717, 1.165) is 25.1 Å². The number of nitrogens with one attached hydrogen (secondary N) is 2. The first kappa shape index (κ1) is 18.3. The van der Waals surface area contributed by atoms with E-state index in [1.54, 1.807) is 6.20 Å². The maximum atomic E-state index is 13.6. The fourth-order valence-corrected chi connectivity index (χ4v) is 4.82. The molecule has 0 spiro atoms. The predicted octanol–water partition coefficient (Wildman–Crippen LogP) is 2.17. The van der Waals surface area contributed by atoms with Crippen molar-refractivity contribution in [1.29, 1.82) is 0 Å². The van der Waals surface area contributed by atoms with Crippen LogP contribution in [0, 0.1) is 5.82 Å². The quantitative estimate of drug-likeness (QED) is 0.686. The van der Waals surface area contributed by atoms with E-state index in [2.05, 4.69) is 10.3 Å². The van der Waals surface area contributed by atoms with E-state index < -0.39 is 16.0 Å². The van der Waals surface area contributed by atoms with Crippen LogP contribution in [0.25, 0.3) is 10.9 Å². The molecule has 0 saturated carbocycles. The molecule has 0 saturated heterocycles. The van der Waals surface area contributed by atoms with Gasteiger partial charge in [-0.1, -0.05) is 18.2 Å². The van der Waals surface area contributed by atoms with Gasteiger partial charge in [0.25, 0.3) is 0 Å². The molecular weight excluding hydrogens is 383 g/mol. The molecule has 1 aromatic heterocycles. The van der Waals surface area contributed by atoms with Gasteiger partial charge in [0, 0.05) is 36.8 Å². The summed E-state index contributed by atoms with van der Waals surface area (Å²) in [5, 5.41) is 3.72. The van der Waals surface area contributed by atoms with Crippen molar-refractivity contribution in [3.8, 4) is 0 Å². The first-order valence-corrected chi connectivity index (χ1v) is 10.2. The fourth-order valence-electron chi connectivity index (χ4n) is 3.41. The lowest BCUT2D eigenvalue weighted by Crippen LogP contribution is -2.41. The molecule has 28 heavy (non-hydrogen) atoms. The number of aromatic nitrogens is 1. The maximum Gasteiger partial charge on any atom is 0.326 e. The average molecular weight is 402 g/mol. The van der Waals surface area contributed by atoms with Gasteiger partial charge >= 0.3 is 10.2 Å². The van der Waals surface area contributed by atoms with Gasteiger partial charge in [0.2, 0.25) is 5.91 Å². The van der Waals surface area contributed by atoms with Crippen molar-refractivity contribution in [2.75, 3.05) is 28.7 Å². The monoisotopic (exact) mass is 402 g/mol. The standard InChI is InChI=1S/C19H19FN4O3S/c1-23-17-7-6-14(20)11-18(17)24(28(23,26)27)9-8-21-19(25)10-13-12-22-16-5-3-2-4-15(13)16/h2-7,11-12,22H,8-10H2,1H3,(H,21,25). The van der Waals surface area contributed by atoms with E-state index in [1.807, 2.05) is 24.3 Å². The number of hydrogen-bond acceptors (Lipinski definition) is 3. The van der Waals surface area contributed by atoms with E-state index in [9.17, 15) is 17.6 Å². The molecule has 0 unspecified atom stereocenters. The summed E-state index contributed by atoms with van der Waals surface area (Å²) in [6.07, 6.45) is 1.98. The summed E-state index contributed by atoms with van der Waals surface area (Å²) in [7, 11) is -2.36. The Morgan fingerprint density at radius 1 is 1.18 bits per heavy atom. The lowest BCUT2D eigenvalue weighted by Gasteiger charge is -2.19. The Hall–Kier alpha value is -3.07. The summed E-state index contributed by atoms with van der Waals surface area (Å²) in [6.45, 7) is 0.132. The van der Waals surface area contributed by atoms with Gasteiger partial charge in [-0.3, -0.25) is 9.10 Å². The molecule has 1 aliphatic rings. The molecule has 9 heteroatoms. The summed E-state index contributed by atoms with van der Waals surface area (Å²) in [4.78, 5) is 15.4. The van der Waals surface area contributed by atoms with Crippen LogP contribution in [0.15, 0.2) is 48.7 Å². The van der Waals surface area contributed by atoms with Gasteiger partial charge in [-0.25, -0.2) is 8.70 Å². The van der Waals surface area contributed by atoms with Crippen LogP contribution in [0.4, 0.5) is 15.8 Å². The Bertz CT molecular complexity index is 1160. The van der Waals surface area contributed by atoms with Crippen molar-refractivity contribution >= 4 is 38.4 Å². The Morgan fingerprint density at radius 2 is 1.96 bits per heavy atom. The SMILES string of the molecule is CN1c2ccc(F)cc2N(CCNC(=O)Cc2c[nH]c3ccccc23)S1(=O)=O. The number of benzene rings is 2. The zero-order valence-electron chi connectivity index (χ0n) is 15.1. The third-order valence-electron chi connectivity index (χ3n) is 4.83. The molecule has 0 radical (unpaired) electrons. The minimum absolute atomic E-state index is 0.0166. The molecule has 0 aliphatic carbocycles. The number of amides is 1. The van der Waals surface area contributed by atoms with Crippen molar-refractivity contribution in [2.24, 2.45) is 0 Å². The zero-order chi connectivity index (χ0) is 19.9. The minimum Gasteiger partial charge on any atom is -0.361 e. The predicted molar refractivity (Wildman–Crippen MR) is 106 cm³/mol. The molecule has 1 aliphatic heterocycles. The summed E-state index contributed by atoms with van der Waals surface area (Å²) >= 11 is 0. The Balaban J connectivity index is 1.42. The van der Waals surface area contributed by atoms with Gasteiger partial charge in [-0.2, -0.15) is 8.42 Å². The first-order chi connectivity index (χ1) is 13.4. The summed E-state index contributed by atoms with van der Waals surface area (Å²) < 4.78 is 40.9. The molecule has 3 aromatic rings. The third-order valence-corrected chi connectivity index (χ3v) is 6.66. The van der Waals surface area contributed by atoms with Crippen LogP contribution in [-0.2, 0) is 21.4 Å². The van der Waals surface area contributed by atoms with Crippen LogP contribution in [0.2, 0.25) is 0 Å². The molecule has 1 amide bonds. The van der Waals surface area contributed by atoms with Gasteiger partial charge in [-0.15, -0.1) is 0 Å². The lowest BCUT2D eigenvalue weighted by molar-refractivity contribution is -0.120. The minimum atomic E-state index is -3.77. The Labute approximate surface area is 161 Å². The van der Waals surface area contributed by atoms with Crippen LogP contribution in [-0.4, -0.2) is 39.4 Å². The second-order valence-electron chi connectivity index (χ2n) is 6.57. The molecule has 2 aromatic carbocycles. The molecule has 0 bridgehead atoms. The zero-order valence-corrected chi connectivity index (χ0v) is 16.0. The lowest BCUT2D eigenvalue weighted by atomic mass is 10.1. The van der Waals surface area contributed by atoms with Crippen molar-refractivity contribution in [1.82, 2.24) is 10.3 Å². The van der Waals surface area contributed by atoms with Crippen molar-refractivity contribution in [3.63, 3.8) is 0 Å². The van der Waals surface area contributed by atoms with Gasteiger partial charge < -0.3 is 10.3 Å². The van der Waals surface area contributed by atoms with Crippen molar-refractivity contribution in [2.45, 2.75) is 6.42 Å². The third kappa shape index (κ3) is 3.07. The van der Waals surface area contributed by atoms with Crippen LogP contribution in [0.5, 0.6) is 0 Å². The first-order valence-electron chi connectivity index (χ1n) is 8.76. The van der Waals surface area contributed by atoms with Crippen molar-refractivity contribution in [3.05, 3.63) is 60.0 Å². The highest BCUT2D eigenvalue weighted by Crippen LogP contribution is 2.39. The normalized spacial score (nSPS) is 15.1. The van der Waals surface area contributed by atoms with Crippen LogP contribution in [0.1, 0.15) is 5.56 Å². The van der Waals surface area contributed by atoms with E-state index in [4.69, 9.17) is 0 Å². The number of rotatable bonds is 5. The second-order valence-corrected chi connectivity index (χ2v) is 8.45. The fraction of sp³-hybridized carbons (Fsp3) is 0.211. The highest BCUT2D eigenvalue weighted by Gasteiger charge is 2.37. The number of aromatic amines is 1. The molecule has 7 nitrogen and oxygen atoms in total. The Morgan fingerprint density at radius 3 is 2.79 bits per heavy atom.